The molecule has 0 unspecified atom stereocenters. The fourth-order valence-corrected chi connectivity index (χ4v) is 4.01. The van der Waals surface area contributed by atoms with E-state index in [1.807, 2.05) is 0 Å². The van der Waals surface area contributed by atoms with Crippen LogP contribution in [0, 0.1) is 0 Å². The van der Waals surface area contributed by atoms with E-state index in [1.54, 1.807) is 7.11 Å². The maximum absolute atomic E-state index is 5.74. The summed E-state index contributed by atoms with van der Waals surface area (Å²) < 4.78 is 11.3. The number of methoxy groups -OCH3 is 1. The van der Waals surface area contributed by atoms with Crippen molar-refractivity contribution < 1.29 is 9.26 Å². The zero-order valence-corrected chi connectivity index (χ0v) is 13.3. The van der Waals surface area contributed by atoms with Crippen molar-refractivity contribution in [2.75, 3.05) is 14.2 Å². The number of hydrogen-bond donors (Lipinski definition) is 1. The quantitative estimate of drug-likeness (QED) is 0.904. The fourth-order valence-electron chi connectivity index (χ4n) is 4.01. The second-order valence-corrected chi connectivity index (χ2v) is 6.69. The number of likely N-dealkylation sites (N-methyl/N-ethyl adjacent to an activating group) is 1. The average molecular weight is 293 g/mol. The van der Waals surface area contributed by atoms with Crippen molar-refractivity contribution >= 4 is 0 Å². The molecule has 0 amide bonds. The van der Waals surface area contributed by atoms with Gasteiger partial charge < -0.3 is 14.6 Å². The van der Waals surface area contributed by atoms with Gasteiger partial charge in [0.05, 0.1) is 0 Å². The van der Waals surface area contributed by atoms with E-state index in [0.29, 0.717) is 0 Å². The lowest BCUT2D eigenvalue weighted by atomic mass is 9.79. The fraction of sp³-hybridized carbons (Fsp3) is 0.875. The van der Waals surface area contributed by atoms with E-state index < -0.39 is 0 Å². The smallest absolute Gasteiger partial charge is 0.228 e. The first kappa shape index (κ1) is 15.0. The number of nitrogens with zero attached hydrogens (tertiary/aromatic N) is 2. The Morgan fingerprint density at radius 2 is 1.76 bits per heavy atom. The molecule has 0 saturated heterocycles. The van der Waals surface area contributed by atoms with Gasteiger partial charge in [-0.25, -0.2) is 0 Å². The second kappa shape index (κ2) is 6.05. The van der Waals surface area contributed by atoms with E-state index >= 15 is 0 Å². The third-order valence-electron chi connectivity index (χ3n) is 5.51. The minimum atomic E-state index is -0.304. The van der Waals surface area contributed by atoms with Crippen LogP contribution in [0.25, 0.3) is 0 Å². The highest BCUT2D eigenvalue weighted by Gasteiger charge is 2.41. The number of rotatable bonds is 5. The van der Waals surface area contributed by atoms with Gasteiger partial charge in [0, 0.05) is 19.1 Å². The van der Waals surface area contributed by atoms with Gasteiger partial charge in [-0.05, 0) is 45.6 Å². The third-order valence-corrected chi connectivity index (χ3v) is 5.51. The second-order valence-electron chi connectivity index (χ2n) is 6.69. The highest BCUT2D eigenvalue weighted by molar-refractivity contribution is 5.06. The molecule has 2 saturated carbocycles. The molecule has 1 heterocycles. The number of ether oxygens (including phenoxy) is 1. The molecule has 0 radical (unpaired) electrons. The third kappa shape index (κ3) is 2.86. The van der Waals surface area contributed by atoms with Crippen LogP contribution in [-0.2, 0) is 16.8 Å². The van der Waals surface area contributed by atoms with Crippen molar-refractivity contribution in [1.82, 2.24) is 15.5 Å². The molecule has 5 heteroatoms. The molecule has 2 aliphatic carbocycles. The van der Waals surface area contributed by atoms with E-state index in [-0.39, 0.29) is 11.1 Å². The summed E-state index contributed by atoms with van der Waals surface area (Å²) in [5.41, 5.74) is -0.168. The maximum Gasteiger partial charge on any atom is 0.228 e. The molecule has 1 N–H and O–H groups in total. The lowest BCUT2D eigenvalue weighted by Crippen LogP contribution is -2.46. The molecule has 2 fully saturated rings. The Balaban J connectivity index is 1.75. The first-order chi connectivity index (χ1) is 10.2. The molecule has 118 valence electrons. The first-order valence-corrected chi connectivity index (χ1v) is 8.29. The summed E-state index contributed by atoms with van der Waals surface area (Å²) in [7, 11) is 3.81. The van der Waals surface area contributed by atoms with Crippen molar-refractivity contribution in [1.29, 1.82) is 0 Å². The van der Waals surface area contributed by atoms with Crippen LogP contribution in [0.1, 0.15) is 69.5 Å². The highest BCUT2D eigenvalue weighted by atomic mass is 16.5. The minimum Gasteiger partial charge on any atom is -0.370 e. The number of nitrogens with one attached hydrogen (secondary N) is 1. The van der Waals surface area contributed by atoms with Crippen LogP contribution >= 0.6 is 0 Å². The molecular formula is C16H27N3O2. The van der Waals surface area contributed by atoms with Crippen LogP contribution in [0.15, 0.2) is 4.52 Å². The average Bonchev–Trinajstić information content (AvgIpc) is 3.18. The van der Waals surface area contributed by atoms with Crippen molar-refractivity contribution in [2.24, 2.45) is 0 Å². The summed E-state index contributed by atoms with van der Waals surface area (Å²) in [5.74, 6) is 1.50. The standard InChI is InChI=1S/C16H27N3O2/c1-17-15(8-4-3-5-9-15)12-13-18-14(19-21-13)16(20-2)10-6-7-11-16/h17H,3-12H2,1-2H3. The number of hydrogen-bond acceptors (Lipinski definition) is 5. The van der Waals surface area contributed by atoms with Gasteiger partial charge in [-0.15, -0.1) is 0 Å². The molecule has 21 heavy (non-hydrogen) atoms. The van der Waals surface area contributed by atoms with E-state index in [1.165, 1.54) is 44.9 Å². The van der Waals surface area contributed by atoms with Crippen molar-refractivity contribution in [3.8, 4) is 0 Å². The largest absolute Gasteiger partial charge is 0.370 e. The Morgan fingerprint density at radius 1 is 1.10 bits per heavy atom. The van der Waals surface area contributed by atoms with Gasteiger partial charge in [0.25, 0.3) is 0 Å². The van der Waals surface area contributed by atoms with E-state index in [2.05, 4.69) is 22.5 Å². The van der Waals surface area contributed by atoms with Gasteiger partial charge in [-0.2, -0.15) is 4.98 Å². The van der Waals surface area contributed by atoms with E-state index in [0.717, 1.165) is 31.0 Å². The zero-order valence-electron chi connectivity index (χ0n) is 13.3. The highest BCUT2D eigenvalue weighted by Crippen LogP contribution is 2.40. The van der Waals surface area contributed by atoms with Crippen molar-refractivity contribution in [2.45, 2.75) is 75.3 Å². The topological polar surface area (TPSA) is 60.2 Å². The summed E-state index contributed by atoms with van der Waals surface area (Å²) in [5, 5.41) is 7.74. The minimum absolute atomic E-state index is 0.137. The summed E-state index contributed by atoms with van der Waals surface area (Å²) in [6, 6.07) is 0. The van der Waals surface area contributed by atoms with Crippen LogP contribution in [0.2, 0.25) is 0 Å². The van der Waals surface area contributed by atoms with Gasteiger partial charge in [-0.3, -0.25) is 0 Å². The van der Waals surface area contributed by atoms with Crippen LogP contribution in [0.5, 0.6) is 0 Å². The molecule has 0 spiro atoms. The van der Waals surface area contributed by atoms with E-state index in [4.69, 9.17) is 9.26 Å². The van der Waals surface area contributed by atoms with Gasteiger partial charge in [0.15, 0.2) is 0 Å². The summed E-state index contributed by atoms with van der Waals surface area (Å²) in [4.78, 5) is 4.68. The van der Waals surface area contributed by atoms with Gasteiger partial charge in [0.1, 0.15) is 5.60 Å². The molecule has 0 aliphatic heterocycles. The SMILES string of the molecule is CNC1(Cc2nc(C3(OC)CCCC3)no2)CCCCC1. The molecule has 1 aromatic rings. The predicted octanol–water partition coefficient (Wildman–Crippen LogP) is 2.95. The van der Waals surface area contributed by atoms with Crippen LogP contribution in [0.4, 0.5) is 0 Å². The molecule has 3 rings (SSSR count). The van der Waals surface area contributed by atoms with Crippen molar-refractivity contribution in [3.05, 3.63) is 11.7 Å². The Labute approximate surface area is 126 Å². The maximum atomic E-state index is 5.74. The summed E-state index contributed by atoms with van der Waals surface area (Å²) in [6.07, 6.45) is 11.5. The van der Waals surface area contributed by atoms with Crippen LogP contribution in [-0.4, -0.2) is 29.8 Å². The zero-order chi connectivity index (χ0) is 14.8. The van der Waals surface area contributed by atoms with Gasteiger partial charge >= 0.3 is 0 Å². The monoisotopic (exact) mass is 293 g/mol. The molecule has 1 aromatic heterocycles. The Bertz CT molecular complexity index is 460. The number of aromatic nitrogens is 2. The van der Waals surface area contributed by atoms with Crippen LogP contribution < -0.4 is 5.32 Å². The molecule has 5 nitrogen and oxygen atoms in total. The Kier molecular flexibility index (Phi) is 4.31. The summed E-state index contributed by atoms with van der Waals surface area (Å²) in [6.45, 7) is 0. The van der Waals surface area contributed by atoms with Gasteiger partial charge in [0.2, 0.25) is 11.7 Å². The Hall–Kier alpha value is -0.940. The lowest BCUT2D eigenvalue weighted by molar-refractivity contribution is -0.0178. The molecule has 0 atom stereocenters. The first-order valence-electron chi connectivity index (χ1n) is 8.29. The molecular weight excluding hydrogens is 266 g/mol. The molecule has 2 aliphatic rings. The summed E-state index contributed by atoms with van der Waals surface area (Å²) >= 11 is 0. The van der Waals surface area contributed by atoms with Crippen LogP contribution in [0.3, 0.4) is 0 Å². The normalized spacial score (nSPS) is 24.3. The Morgan fingerprint density at radius 3 is 2.38 bits per heavy atom. The molecule has 0 bridgehead atoms. The lowest BCUT2D eigenvalue weighted by Gasteiger charge is -2.36. The van der Waals surface area contributed by atoms with Gasteiger partial charge in [-0.1, -0.05) is 24.4 Å². The van der Waals surface area contributed by atoms with Crippen molar-refractivity contribution in [3.63, 3.8) is 0 Å². The molecule has 0 aromatic carbocycles. The van der Waals surface area contributed by atoms with E-state index in [9.17, 15) is 0 Å². The predicted molar refractivity (Wildman–Crippen MR) is 80.0 cm³/mol.